The van der Waals surface area contributed by atoms with Crippen LogP contribution in [0.2, 0.25) is 0 Å². The molecule has 1 fully saturated rings. The second-order valence-electron chi connectivity index (χ2n) is 9.25. The number of nitrogens with zero attached hydrogens (tertiary/aromatic N) is 3. The van der Waals surface area contributed by atoms with Gasteiger partial charge in [0.1, 0.15) is 17.4 Å². The van der Waals surface area contributed by atoms with Gasteiger partial charge in [-0.1, -0.05) is 62.3 Å². The van der Waals surface area contributed by atoms with Crippen molar-refractivity contribution in [1.82, 2.24) is 15.1 Å². The van der Waals surface area contributed by atoms with Gasteiger partial charge in [0.15, 0.2) is 0 Å². The number of aromatic nitrogens is 3. The Morgan fingerprint density at radius 2 is 1.76 bits per heavy atom. The molecule has 7 heteroatoms. The molecule has 5 rings (SSSR count). The molecule has 2 aromatic heterocycles. The molecule has 1 unspecified atom stereocenters. The normalized spacial score (nSPS) is 16.5. The highest BCUT2D eigenvalue weighted by Crippen LogP contribution is 2.43. The zero-order valence-corrected chi connectivity index (χ0v) is 19.9. The second-order valence-corrected chi connectivity index (χ2v) is 10.2. The van der Waals surface area contributed by atoms with Gasteiger partial charge in [-0.2, -0.15) is 4.98 Å². The molecular formula is C26H28N4O2S. The highest BCUT2D eigenvalue weighted by molar-refractivity contribution is 7.09. The fourth-order valence-corrected chi connectivity index (χ4v) is 4.58. The van der Waals surface area contributed by atoms with Crippen LogP contribution >= 0.6 is 11.3 Å². The van der Waals surface area contributed by atoms with E-state index in [1.165, 1.54) is 11.1 Å². The van der Waals surface area contributed by atoms with E-state index in [2.05, 4.69) is 72.3 Å². The number of nitrogens with two attached hydrogens (primary N) is 1. The predicted octanol–water partition coefficient (Wildman–Crippen LogP) is 5.68. The summed E-state index contributed by atoms with van der Waals surface area (Å²) in [6.45, 7) is 7.28. The molecule has 1 aliphatic carbocycles. The molecule has 4 aromatic rings. The molecule has 0 spiro atoms. The molecule has 0 saturated heterocycles. The maximum Gasteiger partial charge on any atom is 0.247 e. The maximum atomic E-state index is 6.18. The van der Waals surface area contributed by atoms with E-state index < -0.39 is 5.54 Å². The molecule has 0 amide bonds. The molecule has 33 heavy (non-hydrogen) atoms. The Bertz CT molecular complexity index is 1210. The monoisotopic (exact) mass is 460 g/mol. The molecule has 6 nitrogen and oxygen atoms in total. The van der Waals surface area contributed by atoms with Crippen molar-refractivity contribution in [2.75, 3.05) is 0 Å². The summed E-state index contributed by atoms with van der Waals surface area (Å²) in [5.41, 5.74) is 9.01. The Balaban J connectivity index is 1.36. The topological polar surface area (TPSA) is 87.1 Å². The predicted molar refractivity (Wildman–Crippen MR) is 129 cm³/mol. The van der Waals surface area contributed by atoms with Crippen LogP contribution in [0, 0.1) is 5.92 Å². The summed E-state index contributed by atoms with van der Waals surface area (Å²) in [5, 5.41) is 7.07. The lowest BCUT2D eigenvalue weighted by Crippen LogP contribution is -2.30. The van der Waals surface area contributed by atoms with Crippen LogP contribution in [0.3, 0.4) is 0 Å². The molecule has 2 N–H and O–H groups in total. The fraction of sp³-hybridized carbons (Fsp3) is 0.346. The average molecular weight is 461 g/mol. The third kappa shape index (κ3) is 4.18. The van der Waals surface area contributed by atoms with Crippen LogP contribution in [0.5, 0.6) is 5.75 Å². The third-order valence-electron chi connectivity index (χ3n) is 6.84. The third-order valence-corrected chi connectivity index (χ3v) is 7.59. The lowest BCUT2D eigenvalue weighted by Gasteiger charge is -2.35. The van der Waals surface area contributed by atoms with Gasteiger partial charge in [0.25, 0.3) is 0 Å². The maximum absolute atomic E-state index is 6.18. The first-order valence-corrected chi connectivity index (χ1v) is 12.1. The highest BCUT2D eigenvalue weighted by Gasteiger charge is 2.45. The highest BCUT2D eigenvalue weighted by atomic mass is 32.1. The molecular weight excluding hydrogens is 432 g/mol. The number of thiazole rings is 1. The van der Waals surface area contributed by atoms with Crippen LogP contribution in [-0.4, -0.2) is 15.1 Å². The first-order chi connectivity index (χ1) is 15.9. The van der Waals surface area contributed by atoms with E-state index in [9.17, 15) is 0 Å². The zero-order valence-electron chi connectivity index (χ0n) is 19.1. The zero-order chi connectivity index (χ0) is 23.1. The Morgan fingerprint density at radius 1 is 1.09 bits per heavy atom. The Morgan fingerprint density at radius 3 is 2.33 bits per heavy atom. The van der Waals surface area contributed by atoms with Crippen LogP contribution in [0.15, 0.2) is 64.6 Å². The Hall–Kier alpha value is -3.03. The SMILES string of the molecule is CC(C)C(C)(c1ccc(OCc2nccs2)cc1)c1ccc(-c2noc(C3(N)CC3)n2)cc1. The van der Waals surface area contributed by atoms with Crippen molar-refractivity contribution < 1.29 is 9.26 Å². The van der Waals surface area contributed by atoms with E-state index in [0.29, 0.717) is 24.2 Å². The van der Waals surface area contributed by atoms with Crippen molar-refractivity contribution >= 4 is 11.3 Å². The average Bonchev–Trinajstić information content (AvgIpc) is 3.24. The van der Waals surface area contributed by atoms with Gasteiger partial charge in [0.2, 0.25) is 11.7 Å². The molecule has 1 saturated carbocycles. The Kier molecular flexibility index (Phi) is 5.54. The molecule has 0 radical (unpaired) electrons. The molecule has 2 heterocycles. The van der Waals surface area contributed by atoms with Crippen molar-refractivity contribution in [3.05, 3.63) is 82.1 Å². The smallest absolute Gasteiger partial charge is 0.247 e. The van der Waals surface area contributed by atoms with Gasteiger partial charge < -0.3 is 15.0 Å². The van der Waals surface area contributed by atoms with E-state index in [4.69, 9.17) is 15.0 Å². The summed E-state index contributed by atoms with van der Waals surface area (Å²) in [5.74, 6) is 2.35. The lowest BCUT2D eigenvalue weighted by atomic mass is 9.68. The summed E-state index contributed by atoms with van der Waals surface area (Å²) in [6, 6.07) is 16.8. The lowest BCUT2D eigenvalue weighted by molar-refractivity contribution is 0.305. The number of benzene rings is 2. The molecule has 170 valence electrons. The molecule has 1 aliphatic rings. The van der Waals surface area contributed by atoms with Crippen LogP contribution in [-0.2, 0) is 17.6 Å². The second kappa shape index (κ2) is 8.39. The molecule has 0 aliphatic heterocycles. The standard InChI is InChI=1S/C26H28N4O2S/c1-17(2)25(3,20-8-10-21(11-9-20)31-16-22-28-14-15-33-22)19-6-4-18(5-7-19)23-29-24(32-30-23)26(27)12-13-26/h4-11,14-15,17H,12-13,16,27H2,1-3H3. The Labute approximate surface area is 197 Å². The summed E-state index contributed by atoms with van der Waals surface area (Å²) >= 11 is 1.60. The van der Waals surface area contributed by atoms with Gasteiger partial charge in [-0.3, -0.25) is 0 Å². The van der Waals surface area contributed by atoms with Crippen molar-refractivity contribution in [2.45, 2.75) is 51.2 Å². The van der Waals surface area contributed by atoms with E-state index in [1.807, 2.05) is 17.5 Å². The van der Waals surface area contributed by atoms with Crippen LogP contribution in [0.1, 0.15) is 55.6 Å². The van der Waals surface area contributed by atoms with Gasteiger partial charge in [0, 0.05) is 22.6 Å². The van der Waals surface area contributed by atoms with Crippen molar-refractivity contribution in [3.63, 3.8) is 0 Å². The summed E-state index contributed by atoms with van der Waals surface area (Å²) in [6.07, 6.45) is 3.59. The number of rotatable bonds is 8. The van der Waals surface area contributed by atoms with E-state index in [1.54, 1.807) is 17.5 Å². The minimum absolute atomic E-state index is 0.163. The molecule has 2 aromatic carbocycles. The van der Waals surface area contributed by atoms with E-state index in [0.717, 1.165) is 29.2 Å². The summed E-state index contributed by atoms with van der Waals surface area (Å²) in [7, 11) is 0. The first-order valence-electron chi connectivity index (χ1n) is 11.2. The van der Waals surface area contributed by atoms with Gasteiger partial charge in [-0.25, -0.2) is 4.98 Å². The molecule has 1 atom stereocenters. The van der Waals surface area contributed by atoms with Gasteiger partial charge in [0.05, 0.1) is 5.54 Å². The number of hydrogen-bond acceptors (Lipinski definition) is 7. The largest absolute Gasteiger partial charge is 0.486 e. The van der Waals surface area contributed by atoms with Crippen LogP contribution in [0.25, 0.3) is 11.4 Å². The van der Waals surface area contributed by atoms with Crippen molar-refractivity contribution in [3.8, 4) is 17.1 Å². The minimum atomic E-state index is -0.419. The quantitative estimate of drug-likeness (QED) is 0.364. The van der Waals surface area contributed by atoms with E-state index in [-0.39, 0.29) is 5.41 Å². The number of ether oxygens (including phenoxy) is 1. The van der Waals surface area contributed by atoms with Crippen molar-refractivity contribution in [2.24, 2.45) is 11.7 Å². The van der Waals surface area contributed by atoms with Gasteiger partial charge >= 0.3 is 0 Å². The number of hydrogen-bond donors (Lipinski definition) is 1. The fourth-order valence-electron chi connectivity index (χ4n) is 4.06. The van der Waals surface area contributed by atoms with Crippen molar-refractivity contribution in [1.29, 1.82) is 0 Å². The first kappa shape index (κ1) is 21.8. The van der Waals surface area contributed by atoms with Gasteiger partial charge in [-0.15, -0.1) is 11.3 Å². The minimum Gasteiger partial charge on any atom is -0.486 e. The summed E-state index contributed by atoms with van der Waals surface area (Å²) in [4.78, 5) is 8.79. The van der Waals surface area contributed by atoms with Crippen LogP contribution < -0.4 is 10.5 Å². The molecule has 0 bridgehead atoms. The van der Waals surface area contributed by atoms with Crippen LogP contribution in [0.4, 0.5) is 0 Å². The van der Waals surface area contributed by atoms with E-state index >= 15 is 0 Å². The van der Waals surface area contributed by atoms with Gasteiger partial charge in [-0.05, 0) is 42.0 Å². The summed E-state index contributed by atoms with van der Waals surface area (Å²) < 4.78 is 11.3.